The zero-order valence-electron chi connectivity index (χ0n) is 13.4. The topological polar surface area (TPSA) is 3.24 Å². The predicted octanol–water partition coefficient (Wildman–Crippen LogP) is 4.75. The molecule has 0 unspecified atom stereocenters. The van der Waals surface area contributed by atoms with Crippen molar-refractivity contribution in [2.75, 3.05) is 20.1 Å². The Morgan fingerprint density at radius 1 is 0.955 bits per heavy atom. The van der Waals surface area contributed by atoms with E-state index in [-0.39, 0.29) is 0 Å². The molecule has 0 aromatic heterocycles. The lowest BCUT2D eigenvalue weighted by atomic mass is 9.84. The fourth-order valence-corrected chi connectivity index (χ4v) is 5.88. The van der Waals surface area contributed by atoms with Gasteiger partial charge >= 0.3 is 0 Å². The molecule has 0 radical (unpaired) electrons. The van der Waals surface area contributed by atoms with Crippen LogP contribution in [0.4, 0.5) is 0 Å². The maximum atomic E-state index is 2.47. The largest absolute Gasteiger partial charge is 0.306 e. The fourth-order valence-electron chi connectivity index (χ4n) is 3.97. The van der Waals surface area contributed by atoms with Crippen LogP contribution in [0.2, 0.25) is 0 Å². The van der Waals surface area contributed by atoms with E-state index in [9.17, 15) is 0 Å². The van der Waals surface area contributed by atoms with Gasteiger partial charge in [-0.25, -0.2) is 0 Å². The van der Waals surface area contributed by atoms with Gasteiger partial charge in [-0.1, -0.05) is 48.5 Å². The van der Waals surface area contributed by atoms with Crippen LogP contribution in [0.15, 0.2) is 48.5 Å². The monoisotopic (exact) mass is 309 g/mol. The van der Waals surface area contributed by atoms with Crippen LogP contribution < -0.4 is 0 Å². The smallest absolute Gasteiger partial charge is 0.0561 e. The molecule has 4 rings (SSSR count). The summed E-state index contributed by atoms with van der Waals surface area (Å²) >= 11 is 2.21. The number of hydrogen-bond acceptors (Lipinski definition) is 2. The van der Waals surface area contributed by atoms with Gasteiger partial charge in [0.15, 0.2) is 0 Å². The maximum absolute atomic E-state index is 2.47. The van der Waals surface area contributed by atoms with E-state index in [1.807, 2.05) is 0 Å². The molecule has 2 heterocycles. The molecular weight excluding hydrogens is 286 g/mol. The Hall–Kier alpha value is -1.25. The van der Waals surface area contributed by atoms with Gasteiger partial charge in [0.1, 0.15) is 0 Å². The minimum absolute atomic E-state index is 0.329. The molecule has 1 saturated heterocycles. The SMILES string of the molecule is Cc1ccccc1[C@@H]1SC2(CCN(C)CC2)c2ccccc21. The van der Waals surface area contributed by atoms with E-state index in [1.54, 1.807) is 11.1 Å². The van der Waals surface area contributed by atoms with E-state index >= 15 is 0 Å². The third-order valence-corrected chi connectivity index (χ3v) is 7.17. The highest BCUT2D eigenvalue weighted by atomic mass is 32.2. The van der Waals surface area contributed by atoms with E-state index in [4.69, 9.17) is 0 Å². The molecule has 2 aromatic rings. The van der Waals surface area contributed by atoms with Gasteiger partial charge in [-0.15, -0.1) is 11.8 Å². The second kappa shape index (κ2) is 5.43. The molecule has 0 bridgehead atoms. The van der Waals surface area contributed by atoms with Crippen molar-refractivity contribution >= 4 is 11.8 Å². The van der Waals surface area contributed by atoms with Gasteiger partial charge in [-0.05, 0) is 62.2 Å². The molecule has 1 atom stereocenters. The van der Waals surface area contributed by atoms with E-state index in [2.05, 4.69) is 79.2 Å². The summed E-state index contributed by atoms with van der Waals surface area (Å²) in [5.41, 5.74) is 6.06. The van der Waals surface area contributed by atoms with Gasteiger partial charge in [-0.2, -0.15) is 0 Å². The molecule has 0 N–H and O–H groups in total. The number of aryl methyl sites for hydroxylation is 1. The second-order valence-electron chi connectivity index (χ2n) is 6.74. The van der Waals surface area contributed by atoms with Crippen molar-refractivity contribution < 1.29 is 0 Å². The number of thioether (sulfide) groups is 1. The molecule has 2 aromatic carbocycles. The molecule has 22 heavy (non-hydrogen) atoms. The first-order chi connectivity index (χ1) is 10.7. The van der Waals surface area contributed by atoms with Crippen LogP contribution in [0.1, 0.15) is 40.3 Å². The lowest BCUT2D eigenvalue weighted by Crippen LogP contribution is -2.37. The van der Waals surface area contributed by atoms with Crippen LogP contribution in [0, 0.1) is 6.92 Å². The molecule has 1 spiro atoms. The van der Waals surface area contributed by atoms with Gasteiger partial charge in [0.25, 0.3) is 0 Å². The zero-order chi connectivity index (χ0) is 15.2. The van der Waals surface area contributed by atoms with Crippen LogP contribution in [0.25, 0.3) is 0 Å². The minimum Gasteiger partial charge on any atom is -0.306 e. The third kappa shape index (κ3) is 2.21. The first-order valence-corrected chi connectivity index (χ1v) is 9.09. The van der Waals surface area contributed by atoms with Crippen molar-refractivity contribution in [3.8, 4) is 0 Å². The number of likely N-dealkylation sites (tertiary alicyclic amines) is 1. The highest BCUT2D eigenvalue weighted by Gasteiger charge is 2.46. The number of benzene rings is 2. The van der Waals surface area contributed by atoms with Crippen molar-refractivity contribution in [2.45, 2.75) is 29.8 Å². The Bertz CT molecular complexity index is 686. The molecule has 2 aliphatic heterocycles. The van der Waals surface area contributed by atoms with Gasteiger partial charge in [0.2, 0.25) is 0 Å². The first-order valence-electron chi connectivity index (χ1n) is 8.21. The molecule has 2 heteroatoms. The molecule has 114 valence electrons. The lowest BCUT2D eigenvalue weighted by molar-refractivity contribution is 0.241. The molecule has 0 saturated carbocycles. The minimum atomic E-state index is 0.329. The summed E-state index contributed by atoms with van der Waals surface area (Å²) in [5, 5.41) is 0.501. The van der Waals surface area contributed by atoms with Crippen LogP contribution in [0.3, 0.4) is 0 Å². The molecule has 1 nitrogen and oxygen atoms in total. The third-order valence-electron chi connectivity index (χ3n) is 5.34. The Balaban J connectivity index is 1.79. The second-order valence-corrected chi connectivity index (χ2v) is 8.23. The average molecular weight is 309 g/mol. The summed E-state index contributed by atoms with van der Waals surface area (Å²) in [6, 6.07) is 18.1. The van der Waals surface area contributed by atoms with Crippen LogP contribution in [-0.4, -0.2) is 25.0 Å². The molecule has 0 amide bonds. The van der Waals surface area contributed by atoms with Gasteiger partial charge < -0.3 is 4.90 Å². The number of nitrogens with zero attached hydrogens (tertiary/aromatic N) is 1. The standard InChI is InChI=1S/C20H23NS/c1-15-7-3-4-8-16(15)19-17-9-5-6-10-18(17)20(22-19)11-13-21(2)14-12-20/h3-10,19H,11-14H2,1-2H3/t19-/m0/s1. The number of hydrogen-bond donors (Lipinski definition) is 0. The van der Waals surface area contributed by atoms with E-state index in [1.165, 1.54) is 37.1 Å². The van der Waals surface area contributed by atoms with Crippen LogP contribution in [-0.2, 0) is 4.75 Å². The maximum Gasteiger partial charge on any atom is 0.0561 e. The summed E-state index contributed by atoms with van der Waals surface area (Å²) in [7, 11) is 2.25. The average Bonchev–Trinajstić information content (AvgIpc) is 2.86. The summed E-state index contributed by atoms with van der Waals surface area (Å²) in [4.78, 5) is 2.47. The van der Waals surface area contributed by atoms with Crippen LogP contribution in [0.5, 0.6) is 0 Å². The van der Waals surface area contributed by atoms with Gasteiger partial charge in [-0.3, -0.25) is 0 Å². The van der Waals surface area contributed by atoms with Crippen LogP contribution >= 0.6 is 11.8 Å². The molecule has 0 aliphatic carbocycles. The summed E-state index contributed by atoms with van der Waals surface area (Å²) in [5.74, 6) is 0. The van der Waals surface area contributed by atoms with Crippen molar-refractivity contribution in [1.29, 1.82) is 0 Å². The van der Waals surface area contributed by atoms with Crippen molar-refractivity contribution in [3.05, 3.63) is 70.8 Å². The Kier molecular flexibility index (Phi) is 3.54. The highest BCUT2D eigenvalue weighted by Crippen LogP contribution is 2.61. The zero-order valence-corrected chi connectivity index (χ0v) is 14.2. The quantitative estimate of drug-likeness (QED) is 0.747. The number of piperidine rings is 1. The number of rotatable bonds is 1. The Morgan fingerprint density at radius 2 is 1.59 bits per heavy atom. The Labute approximate surface area is 137 Å². The number of fused-ring (bicyclic) bond motifs is 2. The fraction of sp³-hybridized carbons (Fsp3) is 0.400. The highest BCUT2D eigenvalue weighted by molar-refractivity contribution is 8.01. The summed E-state index contributed by atoms with van der Waals surface area (Å²) in [6.07, 6.45) is 2.54. The van der Waals surface area contributed by atoms with Gasteiger partial charge in [0.05, 0.1) is 5.25 Å². The van der Waals surface area contributed by atoms with E-state index in [0.29, 0.717) is 10.00 Å². The van der Waals surface area contributed by atoms with Crippen molar-refractivity contribution in [1.82, 2.24) is 4.90 Å². The Morgan fingerprint density at radius 3 is 2.32 bits per heavy atom. The lowest BCUT2D eigenvalue weighted by Gasteiger charge is -2.38. The first kappa shape index (κ1) is 14.3. The summed E-state index contributed by atoms with van der Waals surface area (Å²) in [6.45, 7) is 4.67. The summed E-state index contributed by atoms with van der Waals surface area (Å²) < 4.78 is 0.329. The van der Waals surface area contributed by atoms with Crippen molar-refractivity contribution in [2.24, 2.45) is 0 Å². The van der Waals surface area contributed by atoms with E-state index < -0.39 is 0 Å². The predicted molar refractivity (Wildman–Crippen MR) is 95.5 cm³/mol. The molecule has 2 aliphatic rings. The molecular formula is C20H23NS. The normalized spacial score (nSPS) is 23.6. The van der Waals surface area contributed by atoms with Crippen molar-refractivity contribution in [3.63, 3.8) is 0 Å². The molecule has 1 fully saturated rings. The van der Waals surface area contributed by atoms with Gasteiger partial charge in [0, 0.05) is 4.75 Å². The van der Waals surface area contributed by atoms with E-state index in [0.717, 1.165) is 0 Å².